The van der Waals surface area contributed by atoms with E-state index in [1.807, 2.05) is 72.8 Å². The van der Waals surface area contributed by atoms with Crippen molar-refractivity contribution in [3.63, 3.8) is 0 Å². The van der Waals surface area contributed by atoms with E-state index < -0.39 is 0 Å². The number of amides is 1. The van der Waals surface area contributed by atoms with Crippen LogP contribution >= 0.6 is 0 Å². The van der Waals surface area contributed by atoms with Crippen LogP contribution in [0.5, 0.6) is 5.75 Å². The lowest BCUT2D eigenvalue weighted by Crippen LogP contribution is -2.14. The summed E-state index contributed by atoms with van der Waals surface area (Å²) in [5.41, 5.74) is 13.6. The summed E-state index contributed by atoms with van der Waals surface area (Å²) >= 11 is 0. The number of carbonyl (C=O) groups is 1. The first-order valence-electron chi connectivity index (χ1n) is 10.7. The Hall–Kier alpha value is -4.38. The van der Waals surface area contributed by atoms with E-state index in [-0.39, 0.29) is 5.91 Å². The molecular weight excluding hydrogens is 410 g/mol. The van der Waals surface area contributed by atoms with Crippen LogP contribution in [0.3, 0.4) is 0 Å². The Bertz CT molecular complexity index is 1370. The third-order valence-electron chi connectivity index (χ3n) is 5.83. The molecule has 0 saturated heterocycles. The van der Waals surface area contributed by atoms with Crippen molar-refractivity contribution in [2.75, 3.05) is 12.4 Å². The number of carbonyl (C=O) groups excluding carboxylic acids is 1. The van der Waals surface area contributed by atoms with Crippen LogP contribution in [0, 0.1) is 0 Å². The summed E-state index contributed by atoms with van der Waals surface area (Å²) in [5, 5.41) is 3.02. The van der Waals surface area contributed by atoms with Crippen LogP contribution in [0.4, 0.5) is 11.4 Å². The molecule has 0 aromatic heterocycles. The standard InChI is InChI=1S/C28H23N3O2/c1-33-22-14-12-18(13-15-22)27(29)30-20-7-4-8-21(17-20)31-28(32)25-11-5-10-24-23-9-3-2-6-19(23)16-26(24)25/h2-15,17H,16H2,1H3,(H2,29,30)(H,31,32). The predicted molar refractivity (Wildman–Crippen MR) is 132 cm³/mol. The number of hydrogen-bond donors (Lipinski definition) is 2. The zero-order chi connectivity index (χ0) is 22.8. The van der Waals surface area contributed by atoms with Gasteiger partial charge in [0.15, 0.2) is 0 Å². The number of benzene rings is 4. The number of nitrogens with one attached hydrogen (secondary N) is 1. The highest BCUT2D eigenvalue weighted by Crippen LogP contribution is 2.38. The summed E-state index contributed by atoms with van der Waals surface area (Å²) in [6.07, 6.45) is 0.762. The number of aliphatic imine (C=N–C) groups is 1. The molecule has 1 aliphatic carbocycles. The van der Waals surface area contributed by atoms with Gasteiger partial charge >= 0.3 is 0 Å². The fourth-order valence-corrected chi connectivity index (χ4v) is 4.19. The minimum absolute atomic E-state index is 0.135. The van der Waals surface area contributed by atoms with Crippen molar-refractivity contribution in [1.29, 1.82) is 0 Å². The molecule has 33 heavy (non-hydrogen) atoms. The minimum Gasteiger partial charge on any atom is -0.497 e. The van der Waals surface area contributed by atoms with Crippen molar-refractivity contribution in [1.82, 2.24) is 0 Å². The molecule has 0 fully saturated rings. The Labute approximate surface area is 192 Å². The Balaban J connectivity index is 1.37. The van der Waals surface area contributed by atoms with Crippen LogP contribution in [0.2, 0.25) is 0 Å². The predicted octanol–water partition coefficient (Wildman–Crippen LogP) is 5.56. The zero-order valence-corrected chi connectivity index (χ0v) is 18.2. The van der Waals surface area contributed by atoms with Gasteiger partial charge < -0.3 is 15.8 Å². The topological polar surface area (TPSA) is 76.7 Å². The van der Waals surface area contributed by atoms with E-state index in [1.165, 1.54) is 11.1 Å². The molecule has 0 aliphatic heterocycles. The molecule has 162 valence electrons. The van der Waals surface area contributed by atoms with E-state index in [0.717, 1.165) is 28.9 Å². The number of rotatable bonds is 5. The third kappa shape index (κ3) is 4.08. The average molecular weight is 434 g/mol. The number of hydrogen-bond acceptors (Lipinski definition) is 3. The van der Waals surface area contributed by atoms with Gasteiger partial charge in [-0.3, -0.25) is 4.79 Å². The maximum absolute atomic E-state index is 13.2. The normalized spacial score (nSPS) is 12.1. The molecule has 5 heteroatoms. The highest BCUT2D eigenvalue weighted by molar-refractivity contribution is 6.07. The number of nitrogens with zero attached hydrogens (tertiary/aromatic N) is 1. The fraction of sp³-hybridized carbons (Fsp3) is 0.0714. The first-order chi connectivity index (χ1) is 16.1. The molecule has 0 heterocycles. The molecule has 3 N–H and O–H groups in total. The molecule has 0 saturated carbocycles. The van der Waals surface area contributed by atoms with Gasteiger partial charge in [-0.05, 0) is 77.2 Å². The average Bonchev–Trinajstić information content (AvgIpc) is 3.23. The maximum Gasteiger partial charge on any atom is 0.255 e. The van der Waals surface area contributed by atoms with Gasteiger partial charge in [-0.15, -0.1) is 0 Å². The number of amidine groups is 1. The summed E-state index contributed by atoms with van der Waals surface area (Å²) in [6.45, 7) is 0. The van der Waals surface area contributed by atoms with Crippen molar-refractivity contribution >= 4 is 23.1 Å². The summed E-state index contributed by atoms with van der Waals surface area (Å²) in [6, 6.07) is 28.9. The number of fused-ring (bicyclic) bond motifs is 3. The SMILES string of the molecule is COc1ccc(C(N)=Nc2cccc(NC(=O)c3cccc4c3Cc3ccccc3-4)c2)cc1. The highest BCUT2D eigenvalue weighted by atomic mass is 16.5. The second-order valence-electron chi connectivity index (χ2n) is 7.90. The van der Waals surface area contributed by atoms with E-state index in [4.69, 9.17) is 10.5 Å². The lowest BCUT2D eigenvalue weighted by atomic mass is 10.0. The quantitative estimate of drug-likeness (QED) is 0.282. The van der Waals surface area contributed by atoms with Crippen molar-refractivity contribution in [2.24, 2.45) is 10.7 Å². The summed E-state index contributed by atoms with van der Waals surface area (Å²) in [5.74, 6) is 1.01. The van der Waals surface area contributed by atoms with Crippen molar-refractivity contribution in [3.8, 4) is 16.9 Å². The van der Waals surface area contributed by atoms with Crippen LogP contribution in [0.1, 0.15) is 27.0 Å². The van der Waals surface area contributed by atoms with E-state index in [1.54, 1.807) is 7.11 Å². The molecule has 0 radical (unpaired) electrons. The van der Waals surface area contributed by atoms with E-state index in [9.17, 15) is 4.79 Å². The summed E-state index contributed by atoms with van der Waals surface area (Å²) < 4.78 is 5.18. The van der Waals surface area contributed by atoms with Gasteiger partial charge in [0, 0.05) is 16.8 Å². The van der Waals surface area contributed by atoms with Crippen LogP contribution in [-0.4, -0.2) is 18.9 Å². The molecule has 0 spiro atoms. The van der Waals surface area contributed by atoms with Crippen LogP contribution in [-0.2, 0) is 6.42 Å². The van der Waals surface area contributed by atoms with Gasteiger partial charge in [0.2, 0.25) is 0 Å². The van der Waals surface area contributed by atoms with Crippen LogP contribution in [0.15, 0.2) is 96.0 Å². The Morgan fingerprint density at radius 2 is 1.67 bits per heavy atom. The molecule has 1 amide bonds. The van der Waals surface area contributed by atoms with Crippen molar-refractivity contribution < 1.29 is 9.53 Å². The molecular formula is C28H23N3O2. The molecule has 5 rings (SSSR count). The van der Waals surface area contributed by atoms with E-state index >= 15 is 0 Å². The van der Waals surface area contributed by atoms with Gasteiger partial charge in [0.05, 0.1) is 12.8 Å². The largest absolute Gasteiger partial charge is 0.497 e. The third-order valence-corrected chi connectivity index (χ3v) is 5.83. The monoisotopic (exact) mass is 433 g/mol. The number of methoxy groups -OCH3 is 1. The molecule has 4 aromatic rings. The van der Waals surface area contributed by atoms with Gasteiger partial charge in [0.25, 0.3) is 5.91 Å². The molecule has 0 unspecified atom stereocenters. The molecule has 0 atom stereocenters. The summed E-state index contributed by atoms with van der Waals surface area (Å²) in [7, 11) is 1.62. The van der Waals surface area contributed by atoms with Gasteiger partial charge in [-0.25, -0.2) is 4.99 Å². The Morgan fingerprint density at radius 3 is 2.48 bits per heavy atom. The lowest BCUT2D eigenvalue weighted by Gasteiger charge is -2.10. The minimum atomic E-state index is -0.135. The lowest BCUT2D eigenvalue weighted by molar-refractivity contribution is 0.102. The smallest absolute Gasteiger partial charge is 0.255 e. The molecule has 1 aliphatic rings. The number of ether oxygens (including phenoxy) is 1. The molecule has 4 aromatic carbocycles. The van der Waals surface area contributed by atoms with Crippen LogP contribution < -0.4 is 15.8 Å². The summed E-state index contributed by atoms with van der Waals surface area (Å²) in [4.78, 5) is 17.7. The van der Waals surface area contributed by atoms with Gasteiger partial charge in [-0.2, -0.15) is 0 Å². The second kappa shape index (κ2) is 8.63. The first kappa shape index (κ1) is 20.5. The van der Waals surface area contributed by atoms with Crippen LogP contribution in [0.25, 0.3) is 11.1 Å². The second-order valence-corrected chi connectivity index (χ2v) is 7.90. The number of nitrogens with two attached hydrogens (primary N) is 1. The fourth-order valence-electron chi connectivity index (χ4n) is 4.19. The number of anilines is 1. The Kier molecular flexibility index (Phi) is 5.37. The van der Waals surface area contributed by atoms with Crippen molar-refractivity contribution in [3.05, 3.63) is 113 Å². The van der Waals surface area contributed by atoms with E-state index in [2.05, 4.69) is 28.5 Å². The first-order valence-corrected chi connectivity index (χ1v) is 10.7. The maximum atomic E-state index is 13.2. The van der Waals surface area contributed by atoms with Gasteiger partial charge in [0.1, 0.15) is 11.6 Å². The molecule has 0 bridgehead atoms. The Morgan fingerprint density at radius 1 is 0.909 bits per heavy atom. The highest BCUT2D eigenvalue weighted by Gasteiger charge is 2.23. The van der Waals surface area contributed by atoms with Crippen molar-refractivity contribution in [2.45, 2.75) is 6.42 Å². The zero-order valence-electron chi connectivity index (χ0n) is 18.2. The van der Waals surface area contributed by atoms with E-state index in [0.29, 0.717) is 22.8 Å². The molecule has 5 nitrogen and oxygen atoms in total. The van der Waals surface area contributed by atoms with Gasteiger partial charge in [-0.1, -0.05) is 42.5 Å².